The van der Waals surface area contributed by atoms with Crippen molar-refractivity contribution in [2.24, 2.45) is 0 Å². The van der Waals surface area contributed by atoms with E-state index in [1.807, 2.05) is 57.2 Å². The monoisotopic (exact) mass is 360 g/mol. The van der Waals surface area contributed by atoms with Crippen LogP contribution in [-0.4, -0.2) is 15.9 Å². The highest BCUT2D eigenvalue weighted by atomic mass is 16.1. The smallest absolute Gasteiger partial charge is 0.270 e. The highest BCUT2D eigenvalue weighted by Crippen LogP contribution is 2.20. The van der Waals surface area contributed by atoms with Gasteiger partial charge in [0.15, 0.2) is 0 Å². The lowest BCUT2D eigenvalue weighted by Crippen LogP contribution is -2.24. The summed E-state index contributed by atoms with van der Waals surface area (Å²) in [5, 5.41) is 6.13. The van der Waals surface area contributed by atoms with Crippen molar-refractivity contribution in [2.75, 3.05) is 5.32 Å². The molecule has 27 heavy (non-hydrogen) atoms. The maximum absolute atomic E-state index is 12.5. The molecule has 0 aliphatic carbocycles. The molecule has 0 atom stereocenters. The van der Waals surface area contributed by atoms with Crippen LogP contribution in [0.4, 0.5) is 11.6 Å². The Bertz CT molecular complexity index is 965. The second-order valence-corrected chi connectivity index (χ2v) is 6.83. The van der Waals surface area contributed by atoms with Crippen LogP contribution >= 0.6 is 0 Å². The van der Waals surface area contributed by atoms with Gasteiger partial charge in [0, 0.05) is 17.9 Å². The number of amides is 1. The van der Waals surface area contributed by atoms with Gasteiger partial charge in [0.1, 0.15) is 5.69 Å². The third-order valence-electron chi connectivity index (χ3n) is 4.29. The zero-order chi connectivity index (χ0) is 19.4. The maximum atomic E-state index is 12.5. The van der Waals surface area contributed by atoms with Crippen LogP contribution in [0.2, 0.25) is 0 Å². The summed E-state index contributed by atoms with van der Waals surface area (Å²) in [6.45, 7) is 8.43. The number of hydrogen-bond acceptors (Lipinski definition) is 4. The lowest BCUT2D eigenvalue weighted by Gasteiger charge is -2.11. The van der Waals surface area contributed by atoms with Crippen molar-refractivity contribution in [1.82, 2.24) is 15.3 Å². The average Bonchev–Trinajstić information content (AvgIpc) is 2.63. The number of nitrogens with one attached hydrogen (secondary N) is 2. The van der Waals surface area contributed by atoms with Crippen LogP contribution in [0.3, 0.4) is 0 Å². The normalized spacial score (nSPS) is 10.5. The van der Waals surface area contributed by atoms with Crippen LogP contribution < -0.4 is 10.6 Å². The minimum absolute atomic E-state index is 0.218. The van der Waals surface area contributed by atoms with Gasteiger partial charge in [-0.1, -0.05) is 47.5 Å². The van der Waals surface area contributed by atoms with Crippen LogP contribution in [0, 0.1) is 27.7 Å². The molecule has 0 bridgehead atoms. The first-order chi connectivity index (χ1) is 12.9. The van der Waals surface area contributed by atoms with Crippen molar-refractivity contribution in [3.63, 3.8) is 0 Å². The number of aromatic nitrogens is 2. The minimum atomic E-state index is -0.218. The van der Waals surface area contributed by atoms with E-state index in [0.717, 1.165) is 22.5 Å². The Kier molecular flexibility index (Phi) is 5.50. The van der Waals surface area contributed by atoms with Crippen molar-refractivity contribution >= 4 is 17.5 Å². The van der Waals surface area contributed by atoms with Crippen molar-refractivity contribution in [3.8, 4) is 0 Å². The van der Waals surface area contributed by atoms with Gasteiger partial charge in [0.2, 0.25) is 5.95 Å². The lowest BCUT2D eigenvalue weighted by atomic mass is 10.1. The van der Waals surface area contributed by atoms with Gasteiger partial charge in [0.05, 0.1) is 0 Å². The molecule has 0 fully saturated rings. The van der Waals surface area contributed by atoms with E-state index < -0.39 is 0 Å². The highest BCUT2D eigenvalue weighted by Gasteiger charge is 2.11. The quantitative estimate of drug-likeness (QED) is 0.708. The van der Waals surface area contributed by atoms with Gasteiger partial charge in [-0.2, -0.15) is 0 Å². The van der Waals surface area contributed by atoms with Gasteiger partial charge in [-0.3, -0.25) is 4.79 Å². The molecule has 0 radical (unpaired) electrons. The predicted molar refractivity (Wildman–Crippen MR) is 108 cm³/mol. The van der Waals surface area contributed by atoms with Crippen molar-refractivity contribution in [3.05, 3.63) is 82.2 Å². The van der Waals surface area contributed by atoms with E-state index in [1.54, 1.807) is 6.07 Å². The van der Waals surface area contributed by atoms with Gasteiger partial charge >= 0.3 is 0 Å². The van der Waals surface area contributed by atoms with Gasteiger partial charge in [0.25, 0.3) is 5.91 Å². The molecule has 5 heteroatoms. The van der Waals surface area contributed by atoms with E-state index in [2.05, 4.69) is 33.6 Å². The Labute approximate surface area is 159 Å². The fraction of sp³-hybridized carbons (Fsp3) is 0.227. The lowest BCUT2D eigenvalue weighted by molar-refractivity contribution is 0.0945. The molecule has 3 aromatic rings. The standard InChI is InChI=1S/C22H24N4O/c1-14-5-8-18(9-6-14)13-23-21(27)20-12-17(4)24-22(26-20)25-19-10-7-15(2)11-16(19)3/h5-12H,13H2,1-4H3,(H,23,27)(H,24,25,26). The third kappa shape index (κ3) is 4.91. The fourth-order valence-electron chi connectivity index (χ4n) is 2.79. The van der Waals surface area contributed by atoms with E-state index >= 15 is 0 Å². The van der Waals surface area contributed by atoms with Gasteiger partial charge in [-0.05, 0) is 51.0 Å². The fourth-order valence-corrected chi connectivity index (χ4v) is 2.79. The zero-order valence-corrected chi connectivity index (χ0v) is 16.1. The second-order valence-electron chi connectivity index (χ2n) is 6.83. The molecule has 2 N–H and O–H groups in total. The Balaban J connectivity index is 1.73. The molecule has 1 heterocycles. The molecule has 5 nitrogen and oxygen atoms in total. The molecule has 0 aliphatic heterocycles. The van der Waals surface area contributed by atoms with Crippen LogP contribution in [0.25, 0.3) is 0 Å². The van der Waals surface area contributed by atoms with Crippen molar-refractivity contribution in [2.45, 2.75) is 34.2 Å². The van der Waals surface area contributed by atoms with E-state index in [1.165, 1.54) is 11.1 Å². The molecule has 0 spiro atoms. The molecule has 138 valence electrons. The summed E-state index contributed by atoms with van der Waals surface area (Å²) in [5.74, 6) is 0.201. The number of benzene rings is 2. The number of rotatable bonds is 5. The molecule has 0 aliphatic rings. The summed E-state index contributed by atoms with van der Waals surface area (Å²) >= 11 is 0. The molecular weight excluding hydrogens is 336 g/mol. The van der Waals surface area contributed by atoms with Crippen LogP contribution in [-0.2, 0) is 6.54 Å². The first kappa shape index (κ1) is 18.6. The molecular formula is C22H24N4O. The number of anilines is 2. The number of carbonyl (C=O) groups excluding carboxylic acids is 1. The summed E-state index contributed by atoms with van der Waals surface area (Å²) in [5.41, 5.74) is 6.55. The SMILES string of the molecule is Cc1ccc(CNC(=O)c2cc(C)nc(Nc3ccc(C)cc3C)n2)cc1. The van der Waals surface area contributed by atoms with Crippen molar-refractivity contribution < 1.29 is 4.79 Å². The number of carbonyl (C=O) groups is 1. The molecule has 1 amide bonds. The van der Waals surface area contributed by atoms with Crippen LogP contribution in [0.5, 0.6) is 0 Å². The largest absolute Gasteiger partial charge is 0.347 e. The number of nitrogens with zero attached hydrogens (tertiary/aromatic N) is 2. The first-order valence-corrected chi connectivity index (χ1v) is 8.94. The van der Waals surface area contributed by atoms with Crippen LogP contribution in [0.1, 0.15) is 38.4 Å². The summed E-state index contributed by atoms with van der Waals surface area (Å²) in [6.07, 6.45) is 0. The Hall–Kier alpha value is -3.21. The van der Waals surface area contributed by atoms with E-state index in [-0.39, 0.29) is 5.91 Å². The zero-order valence-electron chi connectivity index (χ0n) is 16.1. The number of hydrogen-bond donors (Lipinski definition) is 2. The summed E-state index contributed by atoms with van der Waals surface area (Å²) in [6, 6.07) is 15.9. The van der Waals surface area contributed by atoms with Gasteiger partial charge in [-0.25, -0.2) is 9.97 Å². The molecule has 0 saturated heterocycles. The topological polar surface area (TPSA) is 66.9 Å². The van der Waals surface area contributed by atoms with Crippen molar-refractivity contribution in [1.29, 1.82) is 0 Å². The second kappa shape index (κ2) is 7.99. The summed E-state index contributed by atoms with van der Waals surface area (Å²) in [7, 11) is 0. The molecule has 0 unspecified atom stereocenters. The summed E-state index contributed by atoms with van der Waals surface area (Å²) in [4.78, 5) is 21.3. The first-order valence-electron chi connectivity index (χ1n) is 8.94. The van der Waals surface area contributed by atoms with Crippen LogP contribution in [0.15, 0.2) is 48.5 Å². The molecule has 2 aromatic carbocycles. The van der Waals surface area contributed by atoms with E-state index in [9.17, 15) is 4.79 Å². The third-order valence-corrected chi connectivity index (χ3v) is 4.29. The van der Waals surface area contributed by atoms with E-state index in [4.69, 9.17) is 0 Å². The Morgan fingerprint density at radius 3 is 2.30 bits per heavy atom. The molecule has 3 rings (SSSR count). The molecule has 0 saturated carbocycles. The average molecular weight is 360 g/mol. The Morgan fingerprint density at radius 1 is 0.889 bits per heavy atom. The maximum Gasteiger partial charge on any atom is 0.270 e. The number of aryl methyl sites for hydroxylation is 4. The predicted octanol–water partition coefficient (Wildman–Crippen LogP) is 4.38. The van der Waals surface area contributed by atoms with Gasteiger partial charge < -0.3 is 10.6 Å². The Morgan fingerprint density at radius 2 is 1.59 bits per heavy atom. The highest BCUT2D eigenvalue weighted by molar-refractivity contribution is 5.92. The minimum Gasteiger partial charge on any atom is -0.347 e. The van der Waals surface area contributed by atoms with Gasteiger partial charge in [-0.15, -0.1) is 0 Å². The summed E-state index contributed by atoms with van der Waals surface area (Å²) < 4.78 is 0. The van der Waals surface area contributed by atoms with E-state index in [0.29, 0.717) is 18.2 Å². The molecule has 1 aromatic heterocycles.